The quantitative estimate of drug-likeness (QED) is 0.811. The van der Waals surface area contributed by atoms with Crippen molar-refractivity contribution in [1.29, 1.82) is 0 Å². The third kappa shape index (κ3) is 2.43. The Morgan fingerprint density at radius 3 is 2.53 bits per heavy atom. The van der Waals surface area contributed by atoms with Gasteiger partial charge in [0, 0.05) is 11.8 Å². The van der Waals surface area contributed by atoms with Crippen LogP contribution < -0.4 is 4.74 Å². The van der Waals surface area contributed by atoms with Gasteiger partial charge >= 0.3 is 0 Å². The molecule has 1 aromatic carbocycles. The number of nitrogens with zero attached hydrogens (tertiary/aromatic N) is 2. The summed E-state index contributed by atoms with van der Waals surface area (Å²) in [6.07, 6.45) is 1.45. The third-order valence-electron chi connectivity index (χ3n) is 1.84. The highest BCUT2D eigenvalue weighted by Gasteiger charge is 1.98. The lowest BCUT2D eigenvalue weighted by molar-refractivity contribution is 0.452. The van der Waals surface area contributed by atoms with Gasteiger partial charge in [-0.05, 0) is 31.2 Å². The second kappa shape index (κ2) is 3.96. The van der Waals surface area contributed by atoms with Gasteiger partial charge in [-0.2, -0.15) is 0 Å². The molecule has 0 amide bonds. The summed E-state index contributed by atoms with van der Waals surface area (Å²) in [5, 5.41) is 9.09. The van der Waals surface area contributed by atoms with Crippen molar-refractivity contribution in [3.63, 3.8) is 0 Å². The average Bonchev–Trinajstić information content (AvgIpc) is 2.22. The van der Waals surface area contributed by atoms with E-state index in [1.165, 1.54) is 6.33 Å². The molecule has 4 nitrogen and oxygen atoms in total. The van der Waals surface area contributed by atoms with Crippen molar-refractivity contribution in [3.05, 3.63) is 42.4 Å². The number of aryl methyl sites for hydroxylation is 1. The van der Waals surface area contributed by atoms with E-state index < -0.39 is 0 Å². The van der Waals surface area contributed by atoms with Crippen LogP contribution >= 0.6 is 0 Å². The van der Waals surface area contributed by atoms with E-state index in [2.05, 4.69) is 9.97 Å². The zero-order valence-electron chi connectivity index (χ0n) is 8.21. The number of aromatic hydroxyl groups is 1. The van der Waals surface area contributed by atoms with E-state index in [0.717, 1.165) is 5.69 Å². The van der Waals surface area contributed by atoms with Crippen LogP contribution in [0.1, 0.15) is 5.69 Å². The molecular weight excluding hydrogens is 192 g/mol. The van der Waals surface area contributed by atoms with Crippen molar-refractivity contribution in [2.45, 2.75) is 6.92 Å². The van der Waals surface area contributed by atoms with Gasteiger partial charge in [0.25, 0.3) is 0 Å². The molecule has 0 fully saturated rings. The van der Waals surface area contributed by atoms with Crippen molar-refractivity contribution < 1.29 is 9.84 Å². The van der Waals surface area contributed by atoms with Crippen LogP contribution in [0.2, 0.25) is 0 Å². The molecule has 2 aromatic rings. The molecule has 0 radical (unpaired) electrons. The molecule has 1 N–H and O–H groups in total. The number of aromatic nitrogens is 2. The Kier molecular flexibility index (Phi) is 2.49. The number of phenols is 1. The predicted molar refractivity (Wildman–Crippen MR) is 54.9 cm³/mol. The predicted octanol–water partition coefficient (Wildman–Crippen LogP) is 2.28. The third-order valence-corrected chi connectivity index (χ3v) is 1.84. The molecule has 0 atom stereocenters. The second-order valence-electron chi connectivity index (χ2n) is 3.09. The Balaban J connectivity index is 2.18. The van der Waals surface area contributed by atoms with Gasteiger partial charge in [-0.15, -0.1) is 0 Å². The van der Waals surface area contributed by atoms with E-state index in [1.807, 2.05) is 6.92 Å². The average molecular weight is 202 g/mol. The molecule has 0 saturated carbocycles. The Labute approximate surface area is 87.2 Å². The fourth-order valence-corrected chi connectivity index (χ4v) is 1.12. The monoisotopic (exact) mass is 202 g/mol. The fraction of sp³-hybridized carbons (Fsp3) is 0.0909. The lowest BCUT2D eigenvalue weighted by Crippen LogP contribution is -1.89. The minimum Gasteiger partial charge on any atom is -0.508 e. The van der Waals surface area contributed by atoms with Crippen molar-refractivity contribution >= 4 is 0 Å². The van der Waals surface area contributed by atoms with Crippen molar-refractivity contribution in [2.75, 3.05) is 0 Å². The van der Waals surface area contributed by atoms with Gasteiger partial charge in [-0.3, -0.25) is 0 Å². The first-order valence-corrected chi connectivity index (χ1v) is 4.49. The second-order valence-corrected chi connectivity index (χ2v) is 3.09. The summed E-state index contributed by atoms with van der Waals surface area (Å²) >= 11 is 0. The molecule has 0 saturated heterocycles. The highest BCUT2D eigenvalue weighted by atomic mass is 16.5. The summed E-state index contributed by atoms with van der Waals surface area (Å²) < 4.78 is 5.45. The highest BCUT2D eigenvalue weighted by Crippen LogP contribution is 2.21. The Morgan fingerprint density at radius 2 is 1.87 bits per heavy atom. The Hall–Kier alpha value is -2.10. The van der Waals surface area contributed by atoms with Gasteiger partial charge < -0.3 is 9.84 Å². The molecule has 0 bridgehead atoms. The molecule has 76 valence electrons. The summed E-state index contributed by atoms with van der Waals surface area (Å²) in [6.45, 7) is 1.87. The van der Waals surface area contributed by atoms with E-state index in [4.69, 9.17) is 9.84 Å². The highest BCUT2D eigenvalue weighted by molar-refractivity contribution is 5.32. The zero-order valence-corrected chi connectivity index (χ0v) is 8.21. The van der Waals surface area contributed by atoms with E-state index in [1.54, 1.807) is 30.3 Å². The first-order chi connectivity index (χ1) is 7.24. The minimum atomic E-state index is 0.209. The number of ether oxygens (including phenoxy) is 1. The summed E-state index contributed by atoms with van der Waals surface area (Å²) in [5.41, 5.74) is 0.846. The summed E-state index contributed by atoms with van der Waals surface area (Å²) in [7, 11) is 0. The van der Waals surface area contributed by atoms with Crippen LogP contribution in [0.5, 0.6) is 17.4 Å². The number of rotatable bonds is 2. The number of hydrogen-bond donors (Lipinski definition) is 1. The molecule has 2 rings (SSSR count). The fourth-order valence-electron chi connectivity index (χ4n) is 1.12. The van der Waals surface area contributed by atoms with E-state index in [9.17, 15) is 0 Å². The minimum absolute atomic E-state index is 0.209. The first kappa shape index (κ1) is 9.45. The first-order valence-electron chi connectivity index (χ1n) is 4.49. The number of benzene rings is 1. The topological polar surface area (TPSA) is 55.2 Å². The van der Waals surface area contributed by atoms with Crippen LogP contribution in [-0.2, 0) is 0 Å². The van der Waals surface area contributed by atoms with Gasteiger partial charge in [0.05, 0.1) is 0 Å². The number of hydrogen-bond acceptors (Lipinski definition) is 4. The van der Waals surface area contributed by atoms with E-state index in [0.29, 0.717) is 11.6 Å². The van der Waals surface area contributed by atoms with Crippen LogP contribution in [-0.4, -0.2) is 15.1 Å². The normalized spacial score (nSPS) is 9.93. The molecular formula is C11H10N2O2. The van der Waals surface area contributed by atoms with Crippen molar-refractivity contribution in [1.82, 2.24) is 9.97 Å². The van der Waals surface area contributed by atoms with Crippen LogP contribution in [0.4, 0.5) is 0 Å². The summed E-state index contributed by atoms with van der Waals surface area (Å²) in [4.78, 5) is 7.93. The smallest absolute Gasteiger partial charge is 0.222 e. The van der Waals surface area contributed by atoms with Crippen LogP contribution in [0, 0.1) is 6.92 Å². The van der Waals surface area contributed by atoms with Crippen molar-refractivity contribution in [2.24, 2.45) is 0 Å². The van der Waals surface area contributed by atoms with E-state index >= 15 is 0 Å². The Bertz CT molecular complexity index is 454. The summed E-state index contributed by atoms with van der Waals surface area (Å²) in [5.74, 6) is 1.33. The summed E-state index contributed by atoms with van der Waals surface area (Å²) in [6, 6.07) is 8.21. The SMILES string of the molecule is Cc1cc(Oc2ccc(O)cc2)ncn1. The molecule has 0 aliphatic rings. The lowest BCUT2D eigenvalue weighted by atomic mass is 10.3. The van der Waals surface area contributed by atoms with Gasteiger partial charge in [0.15, 0.2) is 0 Å². The molecule has 0 spiro atoms. The van der Waals surface area contributed by atoms with Gasteiger partial charge in [-0.1, -0.05) is 0 Å². The van der Waals surface area contributed by atoms with Gasteiger partial charge in [-0.25, -0.2) is 9.97 Å². The largest absolute Gasteiger partial charge is 0.508 e. The standard InChI is InChI=1S/C11H10N2O2/c1-8-6-11(13-7-12-8)15-10-4-2-9(14)3-5-10/h2-7,14H,1H3. The molecule has 1 heterocycles. The molecule has 4 heteroatoms. The van der Waals surface area contributed by atoms with Gasteiger partial charge in [0.1, 0.15) is 17.8 Å². The molecule has 0 unspecified atom stereocenters. The maximum atomic E-state index is 9.09. The molecule has 0 aliphatic heterocycles. The Morgan fingerprint density at radius 1 is 1.13 bits per heavy atom. The molecule has 1 aromatic heterocycles. The van der Waals surface area contributed by atoms with Crippen LogP contribution in [0.15, 0.2) is 36.7 Å². The number of phenolic OH excluding ortho intramolecular Hbond substituents is 1. The van der Waals surface area contributed by atoms with Gasteiger partial charge in [0.2, 0.25) is 5.88 Å². The maximum Gasteiger partial charge on any atom is 0.222 e. The van der Waals surface area contributed by atoms with E-state index in [-0.39, 0.29) is 5.75 Å². The lowest BCUT2D eigenvalue weighted by Gasteiger charge is -2.04. The molecule has 15 heavy (non-hydrogen) atoms. The zero-order chi connectivity index (χ0) is 10.7. The van der Waals surface area contributed by atoms with Crippen LogP contribution in [0.3, 0.4) is 0 Å². The molecule has 0 aliphatic carbocycles. The maximum absolute atomic E-state index is 9.09. The van der Waals surface area contributed by atoms with Crippen molar-refractivity contribution in [3.8, 4) is 17.4 Å². The van der Waals surface area contributed by atoms with Crippen LogP contribution in [0.25, 0.3) is 0 Å².